The number of aryl methyl sites for hydroxylation is 2. The van der Waals surface area contributed by atoms with Crippen molar-refractivity contribution in [2.45, 2.75) is 13.8 Å². The van der Waals surface area contributed by atoms with Gasteiger partial charge < -0.3 is 10.2 Å². The Labute approximate surface area is 141 Å². The predicted octanol–water partition coefficient (Wildman–Crippen LogP) is 3.90. The number of carbonyl (C=O) groups is 1. The van der Waals surface area contributed by atoms with Crippen LogP contribution in [0.3, 0.4) is 0 Å². The van der Waals surface area contributed by atoms with Crippen molar-refractivity contribution in [2.24, 2.45) is 0 Å². The fraction of sp³-hybridized carbons (Fsp3) is 0.222. The number of nitriles is 1. The number of para-hydroxylation sites is 1. The van der Waals surface area contributed by atoms with E-state index in [0.717, 1.165) is 16.8 Å². The molecular formula is C18H18ClN3O. The Balaban J connectivity index is 2.15. The van der Waals surface area contributed by atoms with E-state index in [1.165, 1.54) is 0 Å². The fourth-order valence-electron chi connectivity index (χ4n) is 2.41. The number of nitrogens with zero attached hydrogens (tertiary/aromatic N) is 2. The minimum atomic E-state index is -0.145. The van der Waals surface area contributed by atoms with Crippen molar-refractivity contribution in [1.82, 2.24) is 0 Å². The monoisotopic (exact) mass is 327 g/mol. The summed E-state index contributed by atoms with van der Waals surface area (Å²) in [5, 5.41) is 12.6. The highest BCUT2D eigenvalue weighted by atomic mass is 35.5. The first kappa shape index (κ1) is 16.9. The number of halogens is 1. The minimum absolute atomic E-state index is 0.128. The number of hydrogen-bond donors (Lipinski definition) is 1. The van der Waals surface area contributed by atoms with Gasteiger partial charge in [-0.2, -0.15) is 5.26 Å². The molecular weight excluding hydrogens is 310 g/mol. The summed E-state index contributed by atoms with van der Waals surface area (Å²) in [6, 6.07) is 13.0. The zero-order valence-corrected chi connectivity index (χ0v) is 14.1. The topological polar surface area (TPSA) is 56.1 Å². The molecule has 0 heterocycles. The summed E-state index contributed by atoms with van der Waals surface area (Å²) in [5.74, 6) is -0.145. The molecule has 0 atom stereocenters. The molecule has 0 bridgehead atoms. The molecule has 0 aromatic heterocycles. The lowest BCUT2D eigenvalue weighted by Crippen LogP contribution is -2.31. The van der Waals surface area contributed by atoms with Gasteiger partial charge in [-0.15, -0.1) is 0 Å². The number of carbonyl (C=O) groups excluding carboxylic acids is 1. The Bertz CT molecular complexity index is 760. The molecule has 0 aliphatic carbocycles. The molecule has 2 aromatic carbocycles. The van der Waals surface area contributed by atoms with Crippen LogP contribution >= 0.6 is 11.6 Å². The van der Waals surface area contributed by atoms with Crippen LogP contribution in [0.25, 0.3) is 0 Å². The zero-order chi connectivity index (χ0) is 17.0. The van der Waals surface area contributed by atoms with Crippen LogP contribution in [0.1, 0.15) is 16.7 Å². The first-order chi connectivity index (χ1) is 10.9. The molecule has 23 heavy (non-hydrogen) atoms. The summed E-state index contributed by atoms with van der Waals surface area (Å²) in [6.07, 6.45) is 0. The molecule has 0 spiro atoms. The molecule has 2 aromatic rings. The van der Waals surface area contributed by atoms with Crippen molar-refractivity contribution >= 4 is 28.9 Å². The van der Waals surface area contributed by atoms with Crippen molar-refractivity contribution in [2.75, 3.05) is 23.8 Å². The van der Waals surface area contributed by atoms with Crippen LogP contribution in [0.4, 0.5) is 11.4 Å². The van der Waals surface area contributed by atoms with Crippen LogP contribution < -0.4 is 10.2 Å². The number of amides is 1. The van der Waals surface area contributed by atoms with Gasteiger partial charge in [0.15, 0.2) is 0 Å². The molecule has 0 radical (unpaired) electrons. The normalized spacial score (nSPS) is 10.0. The lowest BCUT2D eigenvalue weighted by molar-refractivity contribution is -0.114. The van der Waals surface area contributed by atoms with Crippen LogP contribution in [0.5, 0.6) is 0 Å². The van der Waals surface area contributed by atoms with E-state index < -0.39 is 0 Å². The van der Waals surface area contributed by atoms with Gasteiger partial charge in [-0.3, -0.25) is 4.79 Å². The summed E-state index contributed by atoms with van der Waals surface area (Å²) in [6.45, 7) is 4.04. The minimum Gasteiger partial charge on any atom is -0.364 e. The fourth-order valence-corrected chi connectivity index (χ4v) is 2.57. The standard InChI is InChI=1S/C18H18ClN3O/c1-12-5-4-6-13(2)18(12)21-17(23)11-22(3)16-9-15(19)8-7-14(16)10-20/h4-9H,11H2,1-3H3,(H,21,23). The molecule has 0 aliphatic heterocycles. The lowest BCUT2D eigenvalue weighted by atomic mass is 10.1. The zero-order valence-electron chi connectivity index (χ0n) is 13.4. The lowest BCUT2D eigenvalue weighted by Gasteiger charge is -2.21. The average Bonchev–Trinajstić information content (AvgIpc) is 2.51. The van der Waals surface area contributed by atoms with E-state index >= 15 is 0 Å². The number of benzene rings is 2. The van der Waals surface area contributed by atoms with Crippen LogP contribution in [0.2, 0.25) is 5.02 Å². The number of nitrogens with one attached hydrogen (secondary N) is 1. The molecule has 5 heteroatoms. The van der Waals surface area contributed by atoms with E-state index in [1.54, 1.807) is 30.1 Å². The Morgan fingerprint density at radius 2 is 1.91 bits per heavy atom. The third kappa shape index (κ3) is 4.02. The summed E-state index contributed by atoms with van der Waals surface area (Å²) in [4.78, 5) is 14.0. The largest absolute Gasteiger partial charge is 0.364 e. The molecule has 1 N–H and O–H groups in total. The van der Waals surface area contributed by atoms with Crippen LogP contribution in [0.15, 0.2) is 36.4 Å². The number of likely N-dealkylation sites (N-methyl/N-ethyl adjacent to an activating group) is 1. The maximum atomic E-state index is 12.3. The number of rotatable bonds is 4. The molecule has 0 saturated carbocycles. The molecule has 0 aliphatic rings. The molecule has 0 saturated heterocycles. The van der Waals surface area contributed by atoms with Crippen LogP contribution in [0, 0.1) is 25.2 Å². The number of hydrogen-bond acceptors (Lipinski definition) is 3. The van der Waals surface area contributed by atoms with E-state index in [4.69, 9.17) is 11.6 Å². The van der Waals surface area contributed by atoms with E-state index in [1.807, 2.05) is 32.0 Å². The van der Waals surface area contributed by atoms with Gasteiger partial charge >= 0.3 is 0 Å². The predicted molar refractivity (Wildman–Crippen MR) is 94.0 cm³/mol. The smallest absolute Gasteiger partial charge is 0.243 e. The van der Waals surface area contributed by atoms with Crippen molar-refractivity contribution in [3.05, 3.63) is 58.1 Å². The second-order valence-electron chi connectivity index (χ2n) is 5.44. The van der Waals surface area contributed by atoms with Crippen molar-refractivity contribution < 1.29 is 4.79 Å². The van der Waals surface area contributed by atoms with Crippen LogP contribution in [-0.2, 0) is 4.79 Å². The SMILES string of the molecule is Cc1cccc(C)c1NC(=O)CN(C)c1cc(Cl)ccc1C#N. The average molecular weight is 328 g/mol. The quantitative estimate of drug-likeness (QED) is 0.926. The molecule has 0 unspecified atom stereocenters. The van der Waals surface area contributed by atoms with E-state index in [0.29, 0.717) is 16.3 Å². The maximum absolute atomic E-state index is 12.3. The molecule has 4 nitrogen and oxygen atoms in total. The summed E-state index contributed by atoms with van der Waals surface area (Å²) in [7, 11) is 1.76. The van der Waals surface area contributed by atoms with Crippen molar-refractivity contribution in [1.29, 1.82) is 5.26 Å². The summed E-state index contributed by atoms with van der Waals surface area (Å²) in [5.41, 5.74) is 3.98. The van der Waals surface area contributed by atoms with E-state index in [-0.39, 0.29) is 12.5 Å². The van der Waals surface area contributed by atoms with Gasteiger partial charge in [0.2, 0.25) is 5.91 Å². The van der Waals surface area contributed by atoms with Gasteiger partial charge in [0.1, 0.15) is 6.07 Å². The van der Waals surface area contributed by atoms with E-state index in [2.05, 4.69) is 11.4 Å². The molecule has 2 rings (SSSR count). The second kappa shape index (κ2) is 7.17. The van der Waals surface area contributed by atoms with Gasteiger partial charge in [-0.25, -0.2) is 0 Å². The third-order valence-corrected chi connectivity index (χ3v) is 3.85. The first-order valence-corrected chi connectivity index (χ1v) is 7.57. The van der Waals surface area contributed by atoms with Crippen molar-refractivity contribution in [3.8, 4) is 6.07 Å². The van der Waals surface area contributed by atoms with Gasteiger partial charge in [0.05, 0.1) is 17.8 Å². The highest BCUT2D eigenvalue weighted by Gasteiger charge is 2.13. The second-order valence-corrected chi connectivity index (χ2v) is 5.88. The van der Waals surface area contributed by atoms with Crippen molar-refractivity contribution in [3.63, 3.8) is 0 Å². The highest BCUT2D eigenvalue weighted by Crippen LogP contribution is 2.24. The van der Waals surface area contributed by atoms with Gasteiger partial charge in [0, 0.05) is 17.8 Å². The molecule has 1 amide bonds. The Morgan fingerprint density at radius 1 is 1.26 bits per heavy atom. The van der Waals surface area contributed by atoms with Gasteiger partial charge in [-0.05, 0) is 43.2 Å². The molecule has 118 valence electrons. The first-order valence-electron chi connectivity index (χ1n) is 7.19. The number of anilines is 2. The summed E-state index contributed by atoms with van der Waals surface area (Å²) < 4.78 is 0. The maximum Gasteiger partial charge on any atom is 0.243 e. The van der Waals surface area contributed by atoms with E-state index in [9.17, 15) is 10.1 Å². The summed E-state index contributed by atoms with van der Waals surface area (Å²) >= 11 is 5.99. The molecule has 0 fully saturated rings. The third-order valence-electron chi connectivity index (χ3n) is 3.62. The highest BCUT2D eigenvalue weighted by molar-refractivity contribution is 6.30. The van der Waals surface area contributed by atoms with Gasteiger partial charge in [-0.1, -0.05) is 29.8 Å². The van der Waals surface area contributed by atoms with Crippen LogP contribution in [-0.4, -0.2) is 19.5 Å². The Hall–Kier alpha value is -2.51. The Morgan fingerprint density at radius 3 is 2.52 bits per heavy atom. The van der Waals surface area contributed by atoms with Gasteiger partial charge in [0.25, 0.3) is 0 Å². The Kier molecular flexibility index (Phi) is 5.25.